The monoisotopic (exact) mass is 2040 g/mol. The summed E-state index contributed by atoms with van der Waals surface area (Å²) in [7, 11) is 16.6. The maximum absolute atomic E-state index is 11.2. The van der Waals surface area contributed by atoms with Gasteiger partial charge in [0.05, 0.1) is 36.2 Å². The fraction of sp³-hybridized carbons (Fsp3) is 0.872. The summed E-state index contributed by atoms with van der Waals surface area (Å²) >= 11 is 17.7. The lowest BCUT2D eigenvalue weighted by Gasteiger charge is -2.23. The van der Waals surface area contributed by atoms with E-state index in [4.69, 9.17) is 29.2 Å². The van der Waals surface area contributed by atoms with Gasteiger partial charge in [-0.1, -0.05) is 38.3 Å². The van der Waals surface area contributed by atoms with Crippen LogP contribution in [0.25, 0.3) is 0 Å². The molecule has 40 nitrogen and oxygen atoms in total. The number of hydrogen-bond acceptors (Lipinski definition) is 25. The molecule has 23 N–H and O–H groups in total. The Bertz CT molecular complexity index is 2590. The molecule has 0 radical (unpaired) electrons. The molecule has 0 saturated carbocycles. The zero-order valence-electron chi connectivity index (χ0n) is 87.9. The van der Waals surface area contributed by atoms with E-state index in [0.29, 0.717) is 24.4 Å². The van der Waals surface area contributed by atoms with Gasteiger partial charge in [-0.15, -0.1) is 23.5 Å². The predicted molar refractivity (Wildman–Crippen MR) is 566 cm³/mol. The van der Waals surface area contributed by atoms with Gasteiger partial charge in [-0.2, -0.15) is 17.9 Å². The number of urea groups is 4. The fourth-order valence-electron chi connectivity index (χ4n) is 5.17. The lowest BCUT2D eigenvalue weighted by atomic mass is 10.2. The minimum atomic E-state index is -3.28. The summed E-state index contributed by atoms with van der Waals surface area (Å²) in [5.74, 6) is 1.29. The van der Waals surface area contributed by atoms with Crippen LogP contribution in [0.5, 0.6) is 0 Å². The highest BCUT2D eigenvalue weighted by Gasteiger charge is 2.17. The molecular formula is C78H192N24O16S10. The fourth-order valence-corrected chi connectivity index (χ4v) is 10.1. The number of nitrogens with zero attached hydrogens (tertiary/aromatic N) is 1. The topological polar surface area (TPSA) is 530 Å². The van der Waals surface area contributed by atoms with Gasteiger partial charge in [0.1, 0.15) is 8.64 Å². The minimum Gasteiger partial charge on any atom is -0.453 e. The van der Waals surface area contributed by atoms with Crippen molar-refractivity contribution in [3.8, 4) is 0 Å². The molecule has 0 bridgehead atoms. The van der Waals surface area contributed by atoms with Gasteiger partial charge in [0, 0.05) is 167 Å². The third-order valence-electron chi connectivity index (χ3n) is 10.5. The van der Waals surface area contributed by atoms with Gasteiger partial charge in [0.25, 0.3) is 10.2 Å². The van der Waals surface area contributed by atoms with Crippen LogP contribution in [0.4, 0.5) is 28.8 Å². The number of alkyl carbamates (subject to hydrolysis) is 2. The Kier molecular flexibility index (Phi) is 141. The highest BCUT2D eigenvalue weighted by molar-refractivity contribution is 8.22. The smallest absolute Gasteiger partial charge is 0.407 e. The molecule has 50 heteroatoms. The van der Waals surface area contributed by atoms with E-state index < -0.39 is 48.5 Å². The molecule has 0 heterocycles. The Balaban J connectivity index is -0.0000000751. The molecule has 1 unspecified atom stereocenters. The van der Waals surface area contributed by atoms with Gasteiger partial charge in [-0.05, 0) is 272 Å². The van der Waals surface area contributed by atoms with Crippen molar-refractivity contribution in [1.82, 2.24) is 123 Å². The second-order valence-electron chi connectivity index (χ2n) is 29.8. The van der Waals surface area contributed by atoms with Crippen LogP contribution in [-0.4, -0.2) is 306 Å². The van der Waals surface area contributed by atoms with Crippen LogP contribution in [0.2, 0.25) is 0 Å². The standard InChI is InChI=1S/C8H18N2O.C7H16N2O.C7H15NO2.C7H15NO.C6H16N2O2S.C6H16N2OS.C6H15NO2S.C6H15NOS.C4H10N2O.C3H8N2O.C3H8N2S2.C3H8N2S.C3H7NO2.C3H9NO.C3H7NS2.C3H9NS/c1-6(2)9-8(11)10(5)7(3)4;1-5(2)8-7(10)9-6(3)4;1-5(2)8-7(9)10-6(3)4;1-5(2)7(9)8-6(3)4;1-5(2)7-11(9,10)8-6(3)4;1-5(2)7-10(9)8-6(3)4;1-5(2)7-10(8,9)6(3)4;1-5(2)7-9(8)6(3)4;1-3-6-4(7)5-2;1-4-3(6)5-2;1-4-3(6)7-5-2;1-4-3(6)5-2;1-4-3(5)6-2;1-4-3-5-2;1-4-3(5)6-2;1-4-3-5-2/h6-7H,1-5H3,(H,9,11);5-6H,1-4H3,(H2,8,9,10);5-6H,1-4H3,(H,8,9);5-6H,1-4H3,(H,8,9);5-8H,1-4H3;5-8H,1-4H3;5-7H,1-4H3;5-7H,1-4H3;3H2,1-2H3,(H2,5,6,7);1-2H3,(H2,4,5,6);5H,1-2H3,(H,4,6);1-2H3,(H2,4,5,6);1-2H3,(H,4,5);4H,3H2,1-2H3;1-2H3,(H,4,5);4H,3H2,1-2H3. The van der Waals surface area contributed by atoms with Crippen molar-refractivity contribution in [2.24, 2.45) is 5.92 Å². The molecule has 0 saturated heterocycles. The number of carbonyl (C=O) groups excluding carboxylic acids is 7. The predicted octanol–water partition coefficient (Wildman–Crippen LogP) is 8.52. The van der Waals surface area contributed by atoms with Gasteiger partial charge in [0.15, 0.2) is 16.3 Å². The number of amides is 11. The second kappa shape index (κ2) is 113. The Morgan fingerprint density at radius 3 is 0.938 bits per heavy atom. The lowest BCUT2D eigenvalue weighted by Crippen LogP contribution is -2.43. The summed E-state index contributed by atoms with van der Waals surface area (Å²) in [5.41, 5.74) is 0. The average Bonchev–Trinajstić information content (AvgIpc) is 0.901. The maximum atomic E-state index is 11.2. The molecule has 0 aliphatic rings. The summed E-state index contributed by atoms with van der Waals surface area (Å²) in [6, 6.07) is 1.61. The summed E-state index contributed by atoms with van der Waals surface area (Å²) in [5, 5.41) is 43.0. The number of ether oxygens (including phenoxy) is 3. The third kappa shape index (κ3) is 182. The first-order chi connectivity index (χ1) is 58.4. The molecule has 0 rings (SSSR count). The lowest BCUT2D eigenvalue weighted by molar-refractivity contribution is -0.124. The van der Waals surface area contributed by atoms with Crippen molar-refractivity contribution < 1.29 is 73.0 Å². The number of methoxy groups -OCH3 is 2. The number of thiocarbonyl (C=S) groups is 3. The third-order valence-corrected chi connectivity index (χ3v) is 20.4. The van der Waals surface area contributed by atoms with E-state index in [1.807, 2.05) is 208 Å². The van der Waals surface area contributed by atoms with Crippen molar-refractivity contribution in [2.45, 2.75) is 318 Å². The van der Waals surface area contributed by atoms with Crippen molar-refractivity contribution in [3.05, 3.63) is 0 Å². The summed E-state index contributed by atoms with van der Waals surface area (Å²) in [4.78, 5) is 75.3. The molecule has 0 aliphatic heterocycles. The van der Waals surface area contributed by atoms with Gasteiger partial charge >= 0.3 is 36.3 Å². The molecule has 0 aliphatic carbocycles. The number of carbonyl (C=O) groups is 7. The zero-order valence-corrected chi connectivity index (χ0v) is 96.1. The molecule has 0 aromatic rings. The van der Waals surface area contributed by atoms with Crippen LogP contribution in [0.3, 0.4) is 0 Å². The summed E-state index contributed by atoms with van der Waals surface area (Å²) < 4.78 is 99.9. The highest BCUT2D eigenvalue weighted by atomic mass is 32.2. The quantitative estimate of drug-likeness (QED) is 0.0198. The Morgan fingerprint density at radius 2 is 0.805 bits per heavy atom. The zero-order chi connectivity index (χ0) is 105. The van der Waals surface area contributed by atoms with E-state index >= 15 is 0 Å². The Hall–Kier alpha value is -4.59. The largest absolute Gasteiger partial charge is 0.453 e. The molecule has 1 atom stereocenters. The van der Waals surface area contributed by atoms with Crippen molar-refractivity contribution in [3.63, 3.8) is 0 Å². The number of sulfonamides is 1. The Labute approximate surface area is 814 Å². The van der Waals surface area contributed by atoms with Crippen LogP contribution in [0.15, 0.2) is 0 Å². The van der Waals surface area contributed by atoms with Crippen molar-refractivity contribution in [1.29, 1.82) is 0 Å². The van der Waals surface area contributed by atoms with Gasteiger partial charge in [-0.3, -0.25) is 14.8 Å². The van der Waals surface area contributed by atoms with Gasteiger partial charge in [-0.25, -0.2) is 64.5 Å². The van der Waals surface area contributed by atoms with Crippen LogP contribution < -0.4 is 118 Å². The van der Waals surface area contributed by atoms with Crippen LogP contribution in [0.1, 0.15) is 228 Å². The SMILES string of the molecule is CC(C)NC(=O)C(C)C.CC(C)NC(=O)N(C)C(C)C.CC(C)NC(=O)NC(C)C.CC(C)NC(=O)OC(C)C.CC(C)NS(=O)(=O)C(C)C.CC(C)NS(=O)(=O)NC(C)C.CC(C)NS(=O)C(C)C.CC(C)NS(=O)NC(C)C.CCNC(=O)NC.CNC(=O)NC.CNC(=O)OC.CNC(=S)NC.CNC(=S)SC.CNCOC.CNCSC.CNSC(=S)NC. The average molecular weight is 2040 g/mol. The first kappa shape index (κ1) is 160. The van der Waals surface area contributed by atoms with E-state index in [0.717, 1.165) is 14.5 Å². The van der Waals surface area contributed by atoms with E-state index in [1.54, 1.807) is 140 Å². The van der Waals surface area contributed by atoms with E-state index in [2.05, 4.69) is 146 Å². The minimum absolute atomic E-state index is 0.00463. The van der Waals surface area contributed by atoms with Gasteiger partial charge in [0.2, 0.25) is 15.9 Å². The molecule has 780 valence electrons. The molecule has 0 aromatic heterocycles. The normalized spacial score (nSPS) is 10.2. The molecule has 128 heavy (non-hydrogen) atoms. The summed E-state index contributed by atoms with van der Waals surface area (Å²) in [6.07, 6.45) is 3.22. The number of hydrogen-bond donors (Lipinski definition) is 23. The van der Waals surface area contributed by atoms with Crippen LogP contribution in [-0.2, 0) is 61.4 Å². The first-order valence-corrected chi connectivity index (χ1v) is 51.9. The number of thioether (sulfide) groups is 2. The molecule has 0 fully saturated rings. The van der Waals surface area contributed by atoms with Crippen LogP contribution in [0, 0.1) is 5.92 Å². The summed E-state index contributed by atoms with van der Waals surface area (Å²) in [6.45, 7) is 63.6. The maximum Gasteiger partial charge on any atom is 0.407 e. The first-order valence-electron chi connectivity index (χ1n) is 41.8. The molecular weight excluding hydrogens is 1850 g/mol. The molecule has 0 aromatic carbocycles. The molecule has 11 amide bonds. The molecule has 0 spiro atoms. The van der Waals surface area contributed by atoms with E-state index in [-0.39, 0.29) is 125 Å². The van der Waals surface area contributed by atoms with E-state index in [1.165, 1.54) is 26.1 Å². The van der Waals surface area contributed by atoms with Gasteiger partial charge < -0.3 is 98.9 Å². The van der Waals surface area contributed by atoms with E-state index in [9.17, 15) is 58.8 Å². The second-order valence-corrected chi connectivity index (χ2v) is 40.8. The Morgan fingerprint density at radius 1 is 0.430 bits per heavy atom. The van der Waals surface area contributed by atoms with Crippen molar-refractivity contribution in [2.75, 3.05) is 130 Å². The van der Waals surface area contributed by atoms with Crippen molar-refractivity contribution >= 4 is 170 Å². The highest BCUT2D eigenvalue weighted by Crippen LogP contribution is 1.99. The van der Waals surface area contributed by atoms with Crippen LogP contribution >= 0.6 is 72.1 Å². The number of rotatable bonds is 28. The number of nitrogens with one attached hydrogen (secondary N) is 23.